The van der Waals surface area contributed by atoms with E-state index in [-0.39, 0.29) is 0 Å². The van der Waals surface area contributed by atoms with E-state index in [0.29, 0.717) is 6.42 Å². The Bertz CT molecular complexity index is 514. The van der Waals surface area contributed by atoms with Gasteiger partial charge in [-0.15, -0.1) is 0 Å². The van der Waals surface area contributed by atoms with Gasteiger partial charge in [-0.25, -0.2) is 0 Å². The van der Waals surface area contributed by atoms with E-state index in [0.717, 1.165) is 29.2 Å². The van der Waals surface area contributed by atoms with Gasteiger partial charge in [-0.05, 0) is 38.0 Å². The molecular weight excluding hydrogens is 226 g/mol. The summed E-state index contributed by atoms with van der Waals surface area (Å²) in [5, 5.41) is 10.2. The van der Waals surface area contributed by atoms with E-state index in [2.05, 4.69) is 18.0 Å². The molecule has 1 unspecified atom stereocenters. The van der Waals surface area contributed by atoms with Crippen LogP contribution in [0.5, 0.6) is 0 Å². The van der Waals surface area contributed by atoms with E-state index in [4.69, 9.17) is 4.42 Å². The van der Waals surface area contributed by atoms with Gasteiger partial charge in [0, 0.05) is 23.9 Å². The number of pyridine rings is 1. The first kappa shape index (κ1) is 12.8. The molecule has 0 fully saturated rings. The Morgan fingerprint density at radius 3 is 2.61 bits per heavy atom. The Balaban J connectivity index is 2.10. The Hall–Kier alpha value is -1.61. The van der Waals surface area contributed by atoms with Crippen LogP contribution in [0.2, 0.25) is 0 Å². The second-order valence-corrected chi connectivity index (χ2v) is 4.60. The van der Waals surface area contributed by atoms with Gasteiger partial charge in [-0.2, -0.15) is 0 Å². The van der Waals surface area contributed by atoms with Gasteiger partial charge in [0.1, 0.15) is 11.5 Å². The van der Waals surface area contributed by atoms with Crippen LogP contribution in [0.4, 0.5) is 0 Å². The molecule has 0 saturated heterocycles. The number of aliphatic hydroxyl groups is 1. The summed E-state index contributed by atoms with van der Waals surface area (Å²) >= 11 is 0. The lowest BCUT2D eigenvalue weighted by Crippen LogP contribution is -2.03. The van der Waals surface area contributed by atoms with E-state index in [1.165, 1.54) is 5.56 Å². The molecule has 0 radical (unpaired) electrons. The second kappa shape index (κ2) is 5.36. The van der Waals surface area contributed by atoms with Crippen molar-refractivity contribution in [1.82, 2.24) is 4.98 Å². The number of nitrogens with zero attached hydrogens (tertiary/aromatic N) is 1. The quantitative estimate of drug-likeness (QED) is 0.900. The zero-order valence-electron chi connectivity index (χ0n) is 11.1. The van der Waals surface area contributed by atoms with Crippen molar-refractivity contribution < 1.29 is 9.52 Å². The molecule has 2 heterocycles. The average molecular weight is 245 g/mol. The summed E-state index contributed by atoms with van der Waals surface area (Å²) in [6.07, 6.45) is 2.82. The molecule has 1 atom stereocenters. The lowest BCUT2D eigenvalue weighted by atomic mass is 10.0. The van der Waals surface area contributed by atoms with E-state index in [9.17, 15) is 5.11 Å². The third-order valence-corrected chi connectivity index (χ3v) is 3.14. The Kier molecular flexibility index (Phi) is 3.82. The molecule has 1 N–H and O–H groups in total. The van der Waals surface area contributed by atoms with Gasteiger partial charge in [0.05, 0.1) is 6.10 Å². The Labute approximate surface area is 107 Å². The fourth-order valence-electron chi connectivity index (χ4n) is 2.07. The van der Waals surface area contributed by atoms with Crippen molar-refractivity contribution in [3.05, 3.63) is 52.7 Å². The lowest BCUT2D eigenvalue weighted by Gasteiger charge is -2.09. The number of hydrogen-bond acceptors (Lipinski definition) is 3. The molecule has 0 aliphatic heterocycles. The minimum Gasteiger partial charge on any atom is -0.466 e. The fraction of sp³-hybridized carbons (Fsp3) is 0.400. The SMILES string of the molecule is CCc1ccc(CC(O)c2cc(C)oc2C)nc1. The Morgan fingerprint density at radius 2 is 2.11 bits per heavy atom. The molecule has 0 aromatic carbocycles. The van der Waals surface area contributed by atoms with Crippen LogP contribution < -0.4 is 0 Å². The highest BCUT2D eigenvalue weighted by atomic mass is 16.3. The smallest absolute Gasteiger partial charge is 0.106 e. The summed E-state index contributed by atoms with van der Waals surface area (Å²) in [5.74, 6) is 1.61. The van der Waals surface area contributed by atoms with Crippen molar-refractivity contribution in [2.45, 2.75) is 39.7 Å². The van der Waals surface area contributed by atoms with E-state index < -0.39 is 6.10 Å². The molecule has 0 bridgehead atoms. The summed E-state index contributed by atoms with van der Waals surface area (Å²) in [6, 6.07) is 5.92. The molecule has 96 valence electrons. The predicted octanol–water partition coefficient (Wildman–Crippen LogP) is 3.13. The maximum absolute atomic E-state index is 10.2. The fourth-order valence-corrected chi connectivity index (χ4v) is 2.07. The Morgan fingerprint density at radius 1 is 1.33 bits per heavy atom. The molecule has 0 amide bonds. The van der Waals surface area contributed by atoms with Crippen LogP contribution in [0, 0.1) is 13.8 Å². The summed E-state index contributed by atoms with van der Waals surface area (Å²) in [4.78, 5) is 4.36. The molecule has 0 spiro atoms. The van der Waals surface area contributed by atoms with Gasteiger partial charge in [-0.1, -0.05) is 13.0 Å². The highest BCUT2D eigenvalue weighted by Crippen LogP contribution is 2.24. The van der Waals surface area contributed by atoms with Crippen LogP contribution in [0.1, 0.15) is 41.4 Å². The van der Waals surface area contributed by atoms with Gasteiger partial charge < -0.3 is 9.52 Å². The van der Waals surface area contributed by atoms with Crippen LogP contribution in [0.3, 0.4) is 0 Å². The number of aliphatic hydroxyl groups excluding tert-OH is 1. The number of aromatic nitrogens is 1. The maximum atomic E-state index is 10.2. The molecule has 3 heteroatoms. The largest absolute Gasteiger partial charge is 0.466 e. The second-order valence-electron chi connectivity index (χ2n) is 4.60. The van der Waals surface area contributed by atoms with Crippen LogP contribution in [0.25, 0.3) is 0 Å². The van der Waals surface area contributed by atoms with E-state index in [1.807, 2.05) is 32.2 Å². The first-order chi connectivity index (χ1) is 8.60. The number of furan rings is 1. The molecule has 2 aromatic heterocycles. The van der Waals surface area contributed by atoms with Crippen molar-refractivity contribution in [3.8, 4) is 0 Å². The molecule has 3 nitrogen and oxygen atoms in total. The highest BCUT2D eigenvalue weighted by molar-refractivity contribution is 5.24. The zero-order valence-corrected chi connectivity index (χ0v) is 11.1. The molecule has 2 rings (SSSR count). The predicted molar refractivity (Wildman–Crippen MR) is 70.5 cm³/mol. The van der Waals surface area contributed by atoms with Gasteiger partial charge in [0.2, 0.25) is 0 Å². The molecule has 0 saturated carbocycles. The summed E-state index contributed by atoms with van der Waals surface area (Å²) < 4.78 is 5.43. The van der Waals surface area contributed by atoms with Crippen molar-refractivity contribution in [3.63, 3.8) is 0 Å². The zero-order chi connectivity index (χ0) is 13.1. The molecule has 2 aromatic rings. The van der Waals surface area contributed by atoms with Gasteiger partial charge >= 0.3 is 0 Å². The normalized spacial score (nSPS) is 12.7. The molecule has 0 aliphatic carbocycles. The highest BCUT2D eigenvalue weighted by Gasteiger charge is 2.15. The lowest BCUT2D eigenvalue weighted by molar-refractivity contribution is 0.175. The average Bonchev–Trinajstić information content (AvgIpc) is 2.69. The maximum Gasteiger partial charge on any atom is 0.106 e. The number of rotatable bonds is 4. The monoisotopic (exact) mass is 245 g/mol. The third kappa shape index (κ3) is 2.79. The summed E-state index contributed by atoms with van der Waals surface area (Å²) in [5.41, 5.74) is 2.97. The van der Waals surface area contributed by atoms with E-state index in [1.54, 1.807) is 0 Å². The number of hydrogen-bond donors (Lipinski definition) is 1. The molecule has 18 heavy (non-hydrogen) atoms. The standard InChI is InChI=1S/C15H19NO2/c1-4-12-5-6-13(16-9-12)8-15(17)14-7-10(2)18-11(14)3/h5-7,9,15,17H,4,8H2,1-3H3. The van der Waals surface area contributed by atoms with Gasteiger partial charge in [0.15, 0.2) is 0 Å². The van der Waals surface area contributed by atoms with Gasteiger partial charge in [0.25, 0.3) is 0 Å². The number of aryl methyl sites for hydroxylation is 3. The van der Waals surface area contributed by atoms with Crippen molar-refractivity contribution in [1.29, 1.82) is 0 Å². The van der Waals surface area contributed by atoms with Gasteiger partial charge in [-0.3, -0.25) is 4.98 Å². The van der Waals surface area contributed by atoms with Crippen LogP contribution in [-0.2, 0) is 12.8 Å². The topological polar surface area (TPSA) is 46.3 Å². The first-order valence-electron chi connectivity index (χ1n) is 6.29. The minimum atomic E-state index is -0.553. The summed E-state index contributed by atoms with van der Waals surface area (Å²) in [6.45, 7) is 5.86. The minimum absolute atomic E-state index is 0.518. The van der Waals surface area contributed by atoms with Crippen molar-refractivity contribution >= 4 is 0 Å². The third-order valence-electron chi connectivity index (χ3n) is 3.14. The molecular formula is C15H19NO2. The molecule has 0 aliphatic rings. The van der Waals surface area contributed by atoms with E-state index >= 15 is 0 Å². The van der Waals surface area contributed by atoms with Crippen LogP contribution in [0.15, 0.2) is 28.8 Å². The van der Waals surface area contributed by atoms with Crippen molar-refractivity contribution in [2.24, 2.45) is 0 Å². The summed E-state index contributed by atoms with van der Waals surface area (Å²) in [7, 11) is 0. The van der Waals surface area contributed by atoms with Crippen LogP contribution in [-0.4, -0.2) is 10.1 Å². The van der Waals surface area contributed by atoms with Crippen molar-refractivity contribution in [2.75, 3.05) is 0 Å². The van der Waals surface area contributed by atoms with Crippen LogP contribution >= 0.6 is 0 Å². The first-order valence-corrected chi connectivity index (χ1v) is 6.29.